The largest absolute Gasteiger partial charge is 0.309 e. The van der Waals surface area contributed by atoms with Crippen molar-refractivity contribution in [1.29, 1.82) is 0 Å². The van der Waals surface area contributed by atoms with Crippen LogP contribution in [0, 0.1) is 0 Å². The maximum atomic E-state index is 4.48. The molecule has 0 atom stereocenters. The van der Waals surface area contributed by atoms with Gasteiger partial charge in [0.05, 0.1) is 11.0 Å². The summed E-state index contributed by atoms with van der Waals surface area (Å²) >= 11 is 1.87. The standard InChI is InChI=1S/C27H16N2S/c1-2-8-17(9-3-1)29-22-12-6-4-10-19(22)24-18-14-15-28-16-21(18)27-25(26(24)29)20-11-5-7-13-23(20)30-27/h1-16H. The monoisotopic (exact) mass is 400 g/mol. The highest BCUT2D eigenvalue weighted by Crippen LogP contribution is 2.47. The summed E-state index contributed by atoms with van der Waals surface area (Å²) in [7, 11) is 0. The van der Waals surface area contributed by atoms with Gasteiger partial charge in [0.25, 0.3) is 0 Å². The number of thiophene rings is 1. The lowest BCUT2D eigenvalue weighted by Crippen LogP contribution is -1.93. The van der Waals surface area contributed by atoms with Gasteiger partial charge in [-0.15, -0.1) is 11.3 Å². The number of nitrogens with zero attached hydrogens (tertiary/aromatic N) is 2. The third-order valence-corrected chi connectivity index (χ3v) is 7.26. The molecule has 0 aliphatic heterocycles. The number of para-hydroxylation sites is 2. The van der Waals surface area contributed by atoms with Crippen LogP contribution in [-0.4, -0.2) is 9.55 Å². The lowest BCUT2D eigenvalue weighted by Gasteiger charge is -2.10. The Bertz CT molecular complexity index is 1740. The maximum Gasteiger partial charge on any atom is 0.0640 e. The van der Waals surface area contributed by atoms with Gasteiger partial charge in [0.2, 0.25) is 0 Å². The van der Waals surface area contributed by atoms with Gasteiger partial charge >= 0.3 is 0 Å². The first-order valence-corrected chi connectivity index (χ1v) is 10.9. The molecule has 3 aromatic heterocycles. The quantitative estimate of drug-likeness (QED) is 0.276. The predicted octanol–water partition coefficient (Wildman–Crippen LogP) is 7.70. The molecule has 30 heavy (non-hydrogen) atoms. The van der Waals surface area contributed by atoms with Gasteiger partial charge in [-0.25, -0.2) is 0 Å². The first kappa shape index (κ1) is 16.1. The van der Waals surface area contributed by atoms with Crippen molar-refractivity contribution in [3.05, 3.63) is 97.3 Å². The average Bonchev–Trinajstić information content (AvgIpc) is 3.36. The second-order valence-electron chi connectivity index (χ2n) is 7.64. The van der Waals surface area contributed by atoms with Crippen LogP contribution in [0.3, 0.4) is 0 Å². The first-order valence-electron chi connectivity index (χ1n) is 10.1. The van der Waals surface area contributed by atoms with Crippen LogP contribution >= 0.6 is 11.3 Å². The number of benzene rings is 4. The fourth-order valence-electron chi connectivity index (χ4n) is 4.86. The Labute approximate surface area is 176 Å². The van der Waals surface area contributed by atoms with E-state index in [0.29, 0.717) is 0 Å². The van der Waals surface area contributed by atoms with Crippen LogP contribution in [0.5, 0.6) is 0 Å². The Morgan fingerprint density at radius 1 is 0.633 bits per heavy atom. The zero-order valence-corrected chi connectivity index (χ0v) is 16.9. The minimum Gasteiger partial charge on any atom is -0.309 e. The molecule has 0 spiro atoms. The van der Waals surface area contributed by atoms with Crippen LogP contribution in [0.4, 0.5) is 0 Å². The zero-order valence-electron chi connectivity index (χ0n) is 16.0. The molecule has 0 saturated heterocycles. The Morgan fingerprint density at radius 3 is 2.30 bits per heavy atom. The Balaban J connectivity index is 1.91. The SMILES string of the molecule is c1ccc(-n2c3ccccc3c3c4ccncc4c4sc5ccccc5c4c32)cc1. The van der Waals surface area contributed by atoms with Crippen LogP contribution < -0.4 is 0 Å². The molecule has 0 radical (unpaired) electrons. The van der Waals surface area contributed by atoms with E-state index in [2.05, 4.69) is 94.5 Å². The van der Waals surface area contributed by atoms with E-state index in [4.69, 9.17) is 0 Å². The fraction of sp³-hybridized carbons (Fsp3) is 0. The molecule has 0 aliphatic rings. The van der Waals surface area contributed by atoms with E-state index in [0.717, 1.165) is 0 Å². The van der Waals surface area contributed by atoms with Crippen LogP contribution in [0.1, 0.15) is 0 Å². The van der Waals surface area contributed by atoms with Crippen LogP contribution in [0.25, 0.3) is 58.4 Å². The highest BCUT2D eigenvalue weighted by atomic mass is 32.1. The lowest BCUT2D eigenvalue weighted by molar-refractivity contribution is 1.19. The van der Waals surface area contributed by atoms with Crippen LogP contribution in [-0.2, 0) is 0 Å². The van der Waals surface area contributed by atoms with E-state index in [9.17, 15) is 0 Å². The van der Waals surface area contributed by atoms with Gasteiger partial charge in [0.15, 0.2) is 0 Å². The van der Waals surface area contributed by atoms with Crippen molar-refractivity contribution < 1.29 is 0 Å². The first-order chi connectivity index (χ1) is 14.9. The number of hydrogen-bond acceptors (Lipinski definition) is 2. The molecule has 7 aromatic rings. The topological polar surface area (TPSA) is 17.8 Å². The Hall–Kier alpha value is -3.69. The average molecular weight is 401 g/mol. The summed E-state index contributed by atoms with van der Waals surface area (Å²) in [4.78, 5) is 4.48. The van der Waals surface area contributed by atoms with Crippen molar-refractivity contribution in [1.82, 2.24) is 9.55 Å². The van der Waals surface area contributed by atoms with Crippen LogP contribution in [0.15, 0.2) is 97.3 Å². The highest BCUT2D eigenvalue weighted by molar-refractivity contribution is 7.27. The maximum absolute atomic E-state index is 4.48. The van der Waals surface area contributed by atoms with Crippen LogP contribution in [0.2, 0.25) is 0 Å². The molecule has 7 rings (SSSR count). The molecule has 2 nitrogen and oxygen atoms in total. The smallest absolute Gasteiger partial charge is 0.0640 e. The van der Waals surface area contributed by atoms with Crippen molar-refractivity contribution in [3.8, 4) is 5.69 Å². The molecular formula is C27H16N2S. The summed E-state index contributed by atoms with van der Waals surface area (Å²) in [6.07, 6.45) is 3.94. The predicted molar refractivity (Wildman–Crippen MR) is 129 cm³/mol. The summed E-state index contributed by atoms with van der Waals surface area (Å²) < 4.78 is 5.06. The van der Waals surface area contributed by atoms with Gasteiger partial charge < -0.3 is 4.57 Å². The normalized spacial score (nSPS) is 12.0. The Kier molecular flexibility index (Phi) is 3.18. The van der Waals surface area contributed by atoms with Gasteiger partial charge in [-0.3, -0.25) is 4.98 Å². The molecule has 3 heteroatoms. The van der Waals surface area contributed by atoms with E-state index in [-0.39, 0.29) is 0 Å². The van der Waals surface area contributed by atoms with Crippen molar-refractivity contribution in [3.63, 3.8) is 0 Å². The minimum absolute atomic E-state index is 1.19. The molecule has 4 aromatic carbocycles. The second kappa shape index (κ2) is 5.91. The molecule has 0 fully saturated rings. The summed E-state index contributed by atoms with van der Waals surface area (Å²) in [6.45, 7) is 0. The highest BCUT2D eigenvalue weighted by Gasteiger charge is 2.21. The van der Waals surface area contributed by atoms with Crippen molar-refractivity contribution in [2.75, 3.05) is 0 Å². The summed E-state index contributed by atoms with van der Waals surface area (Å²) in [5.74, 6) is 0. The van der Waals surface area contributed by atoms with E-state index < -0.39 is 0 Å². The van der Waals surface area contributed by atoms with E-state index in [1.165, 1.54) is 58.4 Å². The molecule has 0 saturated carbocycles. The van der Waals surface area contributed by atoms with Crippen molar-refractivity contribution in [2.24, 2.45) is 0 Å². The summed E-state index contributed by atoms with van der Waals surface area (Å²) in [6, 6.07) is 30.4. The molecule has 3 heterocycles. The molecule has 0 unspecified atom stereocenters. The summed E-state index contributed by atoms with van der Waals surface area (Å²) in [5.41, 5.74) is 3.71. The van der Waals surface area contributed by atoms with Gasteiger partial charge in [0.1, 0.15) is 0 Å². The fourth-order valence-corrected chi connectivity index (χ4v) is 6.09. The van der Waals surface area contributed by atoms with Crippen molar-refractivity contribution >= 4 is 64.1 Å². The molecule has 0 amide bonds. The third kappa shape index (κ3) is 2.00. The van der Waals surface area contributed by atoms with Gasteiger partial charge in [-0.05, 0) is 35.7 Å². The molecule has 0 bridgehead atoms. The minimum atomic E-state index is 1.19. The number of pyridine rings is 1. The van der Waals surface area contributed by atoms with Gasteiger partial charge in [-0.1, -0.05) is 54.6 Å². The zero-order chi connectivity index (χ0) is 19.7. The van der Waals surface area contributed by atoms with E-state index in [1.807, 2.05) is 23.7 Å². The number of fused-ring (bicyclic) bond motifs is 10. The molecule has 140 valence electrons. The summed E-state index contributed by atoms with van der Waals surface area (Å²) in [5, 5.41) is 7.73. The Morgan fingerprint density at radius 2 is 1.40 bits per heavy atom. The van der Waals surface area contributed by atoms with Gasteiger partial charge in [0, 0.05) is 54.4 Å². The lowest BCUT2D eigenvalue weighted by atomic mass is 10.0. The van der Waals surface area contributed by atoms with Crippen molar-refractivity contribution in [2.45, 2.75) is 0 Å². The molecular weight excluding hydrogens is 384 g/mol. The number of rotatable bonds is 1. The van der Waals surface area contributed by atoms with E-state index >= 15 is 0 Å². The van der Waals surface area contributed by atoms with E-state index in [1.54, 1.807) is 0 Å². The number of hydrogen-bond donors (Lipinski definition) is 0. The third-order valence-electron chi connectivity index (χ3n) is 6.06. The van der Waals surface area contributed by atoms with Gasteiger partial charge in [-0.2, -0.15) is 0 Å². The molecule has 0 N–H and O–H groups in total. The second-order valence-corrected chi connectivity index (χ2v) is 8.69. The molecule has 0 aliphatic carbocycles. The number of aromatic nitrogens is 2.